The highest BCUT2D eigenvalue weighted by Crippen LogP contribution is 2.50. The molecule has 4 rings (SSSR count). The predicted octanol–water partition coefficient (Wildman–Crippen LogP) is 6.40. The standard InChI is InChI=1S/C25H17BrF4N2O2S/c1-35-23-20(21(33)15-7-11-17(26)12-8-15)22(34)31-24(25(28,29)30,16-9-13-18(27)14-10-16)32(23)19-5-3-2-4-6-19/h2-14H,1H3,(H,31,34)/t24-/m0/s1. The Morgan fingerprint density at radius 2 is 1.57 bits per heavy atom. The van der Waals surface area contributed by atoms with Crippen molar-refractivity contribution in [1.82, 2.24) is 5.32 Å². The first-order chi connectivity index (χ1) is 16.6. The van der Waals surface area contributed by atoms with E-state index in [0.717, 1.165) is 40.9 Å². The molecule has 0 saturated carbocycles. The summed E-state index contributed by atoms with van der Waals surface area (Å²) in [6.45, 7) is 0. The molecule has 0 aromatic heterocycles. The van der Waals surface area contributed by atoms with Gasteiger partial charge in [-0.3, -0.25) is 14.5 Å². The van der Waals surface area contributed by atoms with Gasteiger partial charge in [0.2, 0.25) is 11.4 Å². The molecule has 10 heteroatoms. The van der Waals surface area contributed by atoms with Crippen LogP contribution in [0.4, 0.5) is 23.2 Å². The van der Waals surface area contributed by atoms with Crippen LogP contribution in [-0.4, -0.2) is 24.1 Å². The molecule has 4 nitrogen and oxygen atoms in total. The summed E-state index contributed by atoms with van der Waals surface area (Å²) in [4.78, 5) is 27.6. The number of carbonyl (C=O) groups is 2. The van der Waals surface area contributed by atoms with Crippen LogP contribution >= 0.6 is 27.7 Å². The number of rotatable bonds is 5. The molecule has 180 valence electrons. The van der Waals surface area contributed by atoms with Gasteiger partial charge in [0.15, 0.2) is 0 Å². The molecule has 1 amide bonds. The molecule has 0 spiro atoms. The summed E-state index contributed by atoms with van der Waals surface area (Å²) < 4.78 is 59.4. The lowest BCUT2D eigenvalue weighted by atomic mass is 9.91. The Hall–Kier alpha value is -3.11. The van der Waals surface area contributed by atoms with Crippen LogP contribution in [0.5, 0.6) is 0 Å². The molecule has 3 aromatic carbocycles. The minimum atomic E-state index is -5.07. The zero-order valence-electron chi connectivity index (χ0n) is 18.1. The highest BCUT2D eigenvalue weighted by molar-refractivity contribution is 9.10. The third-order valence-corrected chi connectivity index (χ3v) is 6.79. The molecule has 1 heterocycles. The van der Waals surface area contributed by atoms with Crippen molar-refractivity contribution in [2.45, 2.75) is 11.8 Å². The van der Waals surface area contributed by atoms with Gasteiger partial charge in [-0.25, -0.2) is 4.39 Å². The van der Waals surface area contributed by atoms with Crippen LogP contribution in [0, 0.1) is 5.82 Å². The van der Waals surface area contributed by atoms with E-state index in [1.54, 1.807) is 30.3 Å². The summed E-state index contributed by atoms with van der Waals surface area (Å²) in [5.74, 6) is -2.64. The highest BCUT2D eigenvalue weighted by atomic mass is 79.9. The summed E-state index contributed by atoms with van der Waals surface area (Å²) in [5.41, 5.74) is -3.71. The lowest BCUT2D eigenvalue weighted by Crippen LogP contribution is -2.69. The van der Waals surface area contributed by atoms with Gasteiger partial charge in [0.25, 0.3) is 5.91 Å². The molecule has 35 heavy (non-hydrogen) atoms. The van der Waals surface area contributed by atoms with Crippen LogP contribution < -0.4 is 10.2 Å². The van der Waals surface area contributed by atoms with E-state index in [1.807, 2.05) is 0 Å². The predicted molar refractivity (Wildman–Crippen MR) is 130 cm³/mol. The minimum absolute atomic E-state index is 0.0830. The molecule has 0 bridgehead atoms. The fourth-order valence-corrected chi connectivity index (χ4v) is 5.00. The van der Waals surface area contributed by atoms with E-state index in [4.69, 9.17) is 0 Å². The largest absolute Gasteiger partial charge is 0.435 e. The lowest BCUT2D eigenvalue weighted by molar-refractivity contribution is -0.201. The Morgan fingerprint density at radius 3 is 2.11 bits per heavy atom. The number of amides is 1. The number of carbonyl (C=O) groups excluding carboxylic acids is 2. The minimum Gasteiger partial charge on any atom is -0.317 e. The molecule has 3 aromatic rings. The number of ketones is 1. The van der Waals surface area contributed by atoms with Gasteiger partial charge in [-0.1, -0.05) is 46.3 Å². The van der Waals surface area contributed by atoms with Crippen molar-refractivity contribution in [1.29, 1.82) is 0 Å². The van der Waals surface area contributed by atoms with Crippen molar-refractivity contribution in [2.75, 3.05) is 11.2 Å². The fourth-order valence-electron chi connectivity index (χ4n) is 3.92. The molecular formula is C25H17BrF4N2O2S. The highest BCUT2D eigenvalue weighted by Gasteiger charge is 2.65. The number of Topliss-reactive ketones (excluding diaryl/α,β-unsaturated/α-hetero) is 1. The van der Waals surface area contributed by atoms with Gasteiger partial charge in [-0.05, 0) is 54.8 Å². The second kappa shape index (κ2) is 9.50. The maximum absolute atomic E-state index is 15.0. The number of anilines is 1. The fraction of sp³-hybridized carbons (Fsp3) is 0.120. The van der Waals surface area contributed by atoms with E-state index in [9.17, 15) is 14.0 Å². The monoisotopic (exact) mass is 564 g/mol. The summed E-state index contributed by atoms with van der Waals surface area (Å²) >= 11 is 4.11. The lowest BCUT2D eigenvalue weighted by Gasteiger charge is -2.50. The van der Waals surface area contributed by atoms with Gasteiger partial charge in [-0.15, -0.1) is 11.8 Å². The molecule has 0 saturated heterocycles. The molecule has 0 radical (unpaired) electrons. The van der Waals surface area contributed by atoms with Crippen LogP contribution in [0.25, 0.3) is 0 Å². The van der Waals surface area contributed by atoms with Crippen LogP contribution in [0.1, 0.15) is 15.9 Å². The van der Waals surface area contributed by atoms with E-state index in [1.165, 1.54) is 30.5 Å². The van der Waals surface area contributed by atoms with Crippen LogP contribution in [0.15, 0.2) is 93.9 Å². The number of nitrogens with one attached hydrogen (secondary N) is 1. The van der Waals surface area contributed by atoms with Crippen molar-refractivity contribution < 1.29 is 27.2 Å². The topological polar surface area (TPSA) is 49.4 Å². The maximum Gasteiger partial charge on any atom is 0.435 e. The van der Waals surface area contributed by atoms with Crippen LogP contribution in [0.2, 0.25) is 0 Å². The first kappa shape index (κ1) is 25.0. The number of halogens is 5. The molecule has 1 aliphatic rings. The van der Waals surface area contributed by atoms with Crippen molar-refractivity contribution in [2.24, 2.45) is 0 Å². The number of hydrogen-bond acceptors (Lipinski definition) is 4. The van der Waals surface area contributed by atoms with Crippen LogP contribution in [0.3, 0.4) is 0 Å². The molecule has 1 N–H and O–H groups in total. The summed E-state index contributed by atoms with van der Waals surface area (Å²) in [6, 6.07) is 17.5. The van der Waals surface area contributed by atoms with Gasteiger partial charge < -0.3 is 5.32 Å². The van der Waals surface area contributed by atoms with Gasteiger partial charge in [0.1, 0.15) is 11.4 Å². The number of thioether (sulfide) groups is 1. The SMILES string of the molecule is CSC1=C(C(=O)c2ccc(Br)cc2)C(=O)N[C@](c2ccc(F)cc2)(C(F)(F)F)N1c1ccccc1. The molecular weight excluding hydrogens is 548 g/mol. The zero-order valence-corrected chi connectivity index (χ0v) is 20.5. The Morgan fingerprint density at radius 1 is 0.971 bits per heavy atom. The molecule has 1 atom stereocenters. The first-order valence-electron chi connectivity index (χ1n) is 10.2. The van der Waals surface area contributed by atoms with E-state index in [2.05, 4.69) is 21.2 Å². The maximum atomic E-state index is 15.0. The normalized spacial score (nSPS) is 18.5. The van der Waals surface area contributed by atoms with Crippen molar-refractivity contribution >= 4 is 45.1 Å². The van der Waals surface area contributed by atoms with E-state index >= 15 is 13.2 Å². The summed E-state index contributed by atoms with van der Waals surface area (Å²) in [6.07, 6.45) is -3.58. The molecule has 1 aliphatic heterocycles. The van der Waals surface area contributed by atoms with Crippen molar-refractivity contribution in [3.05, 3.63) is 111 Å². The second-order valence-corrected chi connectivity index (χ2v) is 9.27. The Kier molecular flexibility index (Phi) is 6.79. The van der Waals surface area contributed by atoms with Crippen LogP contribution in [-0.2, 0) is 10.5 Å². The van der Waals surface area contributed by atoms with E-state index in [0.29, 0.717) is 4.47 Å². The first-order valence-corrected chi connectivity index (χ1v) is 12.2. The quantitative estimate of drug-likeness (QED) is 0.221. The number of nitrogens with zero attached hydrogens (tertiary/aromatic N) is 1. The van der Waals surface area contributed by atoms with Gasteiger partial charge in [0, 0.05) is 21.3 Å². The molecule has 0 aliphatic carbocycles. The average molecular weight is 565 g/mol. The van der Waals surface area contributed by atoms with E-state index < -0.39 is 40.5 Å². The molecule has 0 unspecified atom stereocenters. The van der Waals surface area contributed by atoms with Crippen molar-refractivity contribution in [3.63, 3.8) is 0 Å². The Labute approximate surface area is 211 Å². The number of hydrogen-bond donors (Lipinski definition) is 1. The average Bonchev–Trinajstić information content (AvgIpc) is 2.83. The summed E-state index contributed by atoms with van der Waals surface area (Å²) in [7, 11) is 0. The second-order valence-electron chi connectivity index (χ2n) is 7.56. The van der Waals surface area contributed by atoms with E-state index in [-0.39, 0.29) is 16.3 Å². The van der Waals surface area contributed by atoms with Gasteiger partial charge in [0.05, 0.1) is 5.03 Å². The number of benzene rings is 3. The Bertz CT molecular complexity index is 1300. The van der Waals surface area contributed by atoms with Crippen molar-refractivity contribution in [3.8, 4) is 0 Å². The molecule has 0 fully saturated rings. The summed E-state index contributed by atoms with van der Waals surface area (Å²) in [5, 5.41) is 1.88. The smallest absolute Gasteiger partial charge is 0.317 e. The number of alkyl halides is 3. The zero-order chi connectivity index (χ0) is 25.4. The van der Waals surface area contributed by atoms with Gasteiger partial charge in [-0.2, -0.15) is 13.2 Å². The third kappa shape index (κ3) is 4.36. The number of para-hydroxylation sites is 1. The third-order valence-electron chi connectivity index (χ3n) is 5.49. The Balaban J connectivity index is 2.05. The van der Waals surface area contributed by atoms with Gasteiger partial charge >= 0.3 is 6.18 Å².